The van der Waals surface area contributed by atoms with Crippen molar-refractivity contribution in [1.82, 2.24) is 9.78 Å². The van der Waals surface area contributed by atoms with Gasteiger partial charge in [-0.2, -0.15) is 5.10 Å². The van der Waals surface area contributed by atoms with Crippen LogP contribution in [0.2, 0.25) is 0 Å². The summed E-state index contributed by atoms with van der Waals surface area (Å²) in [4.78, 5) is 0. The van der Waals surface area contributed by atoms with E-state index in [9.17, 15) is 4.39 Å². The van der Waals surface area contributed by atoms with Crippen LogP contribution in [-0.4, -0.2) is 27.1 Å². The fraction of sp³-hybridized carbons (Fsp3) is 0. The summed E-state index contributed by atoms with van der Waals surface area (Å²) in [5, 5.41) is 21.3. The Morgan fingerprint density at radius 3 is 2.50 bits per heavy atom. The number of nitrogens with zero attached hydrogens (tertiary/aromatic N) is 2. The minimum absolute atomic E-state index is 0.154. The van der Waals surface area contributed by atoms with Gasteiger partial charge in [0.25, 0.3) is 0 Å². The Morgan fingerprint density at radius 2 is 1.88 bits per heavy atom. The van der Waals surface area contributed by atoms with Gasteiger partial charge >= 0.3 is 7.32 Å². The van der Waals surface area contributed by atoms with E-state index >= 15 is 0 Å². The van der Waals surface area contributed by atoms with Gasteiger partial charge in [0.05, 0.1) is 11.9 Å². The summed E-state index contributed by atoms with van der Waals surface area (Å²) in [6.07, 6.45) is 1.43. The van der Waals surface area contributed by atoms with Gasteiger partial charge in [-0.3, -0.25) is 0 Å². The molecule has 0 aliphatic carbocycles. The van der Waals surface area contributed by atoms with Gasteiger partial charge in [0.1, 0.15) is 5.82 Å². The summed E-state index contributed by atoms with van der Waals surface area (Å²) < 4.78 is 18.7. The van der Waals surface area contributed by atoms with Crippen LogP contribution in [0.3, 0.4) is 0 Å². The van der Waals surface area contributed by atoms with E-state index in [1.165, 1.54) is 41.2 Å². The van der Waals surface area contributed by atoms with Gasteiger partial charge in [-0.15, -0.1) is 0 Å². The Kier molecular flexibility index (Phi) is 2.89. The molecule has 0 unspecified atom stereocenters. The summed E-state index contributed by atoms with van der Waals surface area (Å²) in [5.41, 5.74) is 0.557. The van der Waals surface area contributed by atoms with Crippen molar-refractivity contribution < 1.29 is 19.1 Å². The maximum atomic E-state index is 12.7. The summed E-state index contributed by atoms with van der Waals surface area (Å²) in [7, 11) is -1.92. The minimum atomic E-state index is -1.92. The lowest BCUT2D eigenvalue weighted by Crippen LogP contribution is -2.22. The maximum absolute atomic E-state index is 12.7. The number of benzene rings is 1. The first kappa shape index (κ1) is 10.7. The lowest BCUT2D eigenvalue weighted by Gasteiger charge is -2.08. The molecule has 0 fully saturated rings. The number of halogens is 1. The van der Waals surface area contributed by atoms with Crippen LogP contribution in [0.1, 0.15) is 0 Å². The smallest absolute Gasteiger partial charge is 0.498 e. The zero-order chi connectivity index (χ0) is 11.5. The first-order valence-corrected chi connectivity index (χ1v) is 4.49. The second-order valence-electron chi connectivity index (χ2n) is 3.00. The number of rotatable bonds is 3. The van der Waals surface area contributed by atoms with Gasteiger partial charge in [-0.1, -0.05) is 0 Å². The molecule has 1 heterocycles. The van der Waals surface area contributed by atoms with Gasteiger partial charge in [0.15, 0.2) is 0 Å². The van der Waals surface area contributed by atoms with Crippen LogP contribution < -0.4 is 4.65 Å². The predicted octanol–water partition coefficient (Wildman–Crippen LogP) is 0.360. The van der Waals surface area contributed by atoms with E-state index in [0.717, 1.165) is 0 Å². The molecule has 0 aliphatic rings. The molecule has 7 heteroatoms. The topological polar surface area (TPSA) is 67.5 Å². The number of hydrogen-bond donors (Lipinski definition) is 2. The van der Waals surface area contributed by atoms with Crippen LogP contribution in [0.4, 0.5) is 4.39 Å². The molecule has 0 bridgehead atoms. The second kappa shape index (κ2) is 4.34. The Labute approximate surface area is 90.9 Å². The van der Waals surface area contributed by atoms with Crippen molar-refractivity contribution in [1.29, 1.82) is 0 Å². The monoisotopic (exact) mass is 222 g/mol. The number of hydrogen-bond acceptors (Lipinski definition) is 4. The lowest BCUT2D eigenvalue weighted by atomic mass is 10.2. The van der Waals surface area contributed by atoms with E-state index in [2.05, 4.69) is 9.75 Å². The molecule has 82 valence electrons. The molecule has 0 radical (unpaired) electrons. The van der Waals surface area contributed by atoms with Crippen molar-refractivity contribution in [2.45, 2.75) is 0 Å². The van der Waals surface area contributed by atoms with Gasteiger partial charge in [0.2, 0.25) is 5.88 Å². The minimum Gasteiger partial charge on any atom is -0.498 e. The standard InChI is InChI=1S/C9H8BFN2O3/c11-7-1-3-8(4-2-7)13-9(5-6-12-13)16-10(14)15/h1-6,14-15H. The van der Waals surface area contributed by atoms with Crippen molar-refractivity contribution >= 4 is 7.32 Å². The van der Waals surface area contributed by atoms with Gasteiger partial charge in [-0.05, 0) is 24.3 Å². The molecule has 2 aromatic rings. The Bertz CT molecular complexity index is 472. The van der Waals surface area contributed by atoms with Crippen molar-refractivity contribution in [2.24, 2.45) is 0 Å². The highest BCUT2D eigenvalue weighted by molar-refractivity contribution is 6.33. The van der Waals surface area contributed by atoms with Crippen molar-refractivity contribution in [3.63, 3.8) is 0 Å². The van der Waals surface area contributed by atoms with E-state index in [-0.39, 0.29) is 11.7 Å². The zero-order valence-electron chi connectivity index (χ0n) is 8.12. The molecule has 0 aliphatic heterocycles. The molecule has 0 amide bonds. The van der Waals surface area contributed by atoms with Gasteiger partial charge < -0.3 is 14.7 Å². The second-order valence-corrected chi connectivity index (χ2v) is 3.00. The van der Waals surface area contributed by atoms with Crippen LogP contribution in [0.5, 0.6) is 5.88 Å². The van der Waals surface area contributed by atoms with E-state index < -0.39 is 7.32 Å². The van der Waals surface area contributed by atoms with Crippen molar-refractivity contribution in [2.75, 3.05) is 0 Å². The van der Waals surface area contributed by atoms with Crippen LogP contribution in [0.25, 0.3) is 5.69 Å². The molecule has 2 rings (SSSR count). The first-order chi connectivity index (χ1) is 7.66. The van der Waals surface area contributed by atoms with Crippen molar-refractivity contribution in [3.8, 4) is 11.6 Å². The molecule has 5 nitrogen and oxygen atoms in total. The van der Waals surface area contributed by atoms with Gasteiger partial charge in [-0.25, -0.2) is 9.07 Å². The van der Waals surface area contributed by atoms with Crippen LogP contribution in [0.15, 0.2) is 36.5 Å². The lowest BCUT2D eigenvalue weighted by molar-refractivity contribution is 0.279. The molecule has 1 aromatic carbocycles. The highest BCUT2D eigenvalue weighted by atomic mass is 19.1. The Hall–Kier alpha value is -1.86. The fourth-order valence-electron chi connectivity index (χ4n) is 1.26. The highest BCUT2D eigenvalue weighted by Crippen LogP contribution is 2.17. The molecule has 0 atom stereocenters. The third-order valence-electron chi connectivity index (χ3n) is 1.91. The average molecular weight is 222 g/mol. The Balaban J connectivity index is 2.33. The molecular weight excluding hydrogens is 214 g/mol. The maximum Gasteiger partial charge on any atom is 0.708 e. The predicted molar refractivity (Wildman–Crippen MR) is 54.3 cm³/mol. The first-order valence-electron chi connectivity index (χ1n) is 4.49. The average Bonchev–Trinajstić information content (AvgIpc) is 2.66. The summed E-state index contributed by atoms with van der Waals surface area (Å²) in [6, 6.07) is 7.01. The van der Waals surface area contributed by atoms with Crippen LogP contribution >= 0.6 is 0 Å². The molecule has 0 saturated heterocycles. The molecule has 0 spiro atoms. The van der Waals surface area contributed by atoms with E-state index in [1.807, 2.05) is 0 Å². The molecular formula is C9H8BFN2O3. The van der Waals surface area contributed by atoms with Crippen LogP contribution in [0, 0.1) is 5.82 Å². The highest BCUT2D eigenvalue weighted by Gasteiger charge is 2.15. The summed E-state index contributed by atoms with van der Waals surface area (Å²) >= 11 is 0. The zero-order valence-corrected chi connectivity index (χ0v) is 8.12. The third kappa shape index (κ3) is 2.21. The molecule has 0 saturated carbocycles. The van der Waals surface area contributed by atoms with E-state index in [4.69, 9.17) is 10.0 Å². The van der Waals surface area contributed by atoms with Crippen molar-refractivity contribution in [3.05, 3.63) is 42.3 Å². The fourth-order valence-corrected chi connectivity index (χ4v) is 1.26. The van der Waals surface area contributed by atoms with E-state index in [1.54, 1.807) is 0 Å². The van der Waals surface area contributed by atoms with Crippen LogP contribution in [-0.2, 0) is 0 Å². The third-order valence-corrected chi connectivity index (χ3v) is 1.91. The normalized spacial score (nSPS) is 10.2. The molecule has 1 aromatic heterocycles. The quantitative estimate of drug-likeness (QED) is 0.735. The van der Waals surface area contributed by atoms with Gasteiger partial charge in [0, 0.05) is 6.07 Å². The molecule has 16 heavy (non-hydrogen) atoms. The summed E-state index contributed by atoms with van der Waals surface area (Å²) in [5.74, 6) is -0.206. The summed E-state index contributed by atoms with van der Waals surface area (Å²) in [6.45, 7) is 0. The number of aromatic nitrogens is 2. The van der Waals surface area contributed by atoms with E-state index in [0.29, 0.717) is 5.69 Å². The Morgan fingerprint density at radius 1 is 1.19 bits per heavy atom. The largest absolute Gasteiger partial charge is 0.708 e. The SMILES string of the molecule is OB(O)Oc1ccnn1-c1ccc(F)cc1. The molecule has 2 N–H and O–H groups in total.